The smallest absolute Gasteiger partial charge is 0.257 e. The van der Waals surface area contributed by atoms with Gasteiger partial charge in [-0.25, -0.2) is 4.68 Å². The minimum atomic E-state index is 0.141. The summed E-state index contributed by atoms with van der Waals surface area (Å²) < 4.78 is 1.94. The molecule has 1 amide bonds. The molecule has 1 aromatic heterocycles. The highest BCUT2D eigenvalue weighted by Gasteiger charge is 2.35. The number of benzene rings is 1. The van der Waals surface area contributed by atoms with Crippen molar-refractivity contribution < 1.29 is 4.79 Å². The number of hydrogen-bond donors (Lipinski definition) is 0. The molecule has 154 valence electrons. The van der Waals surface area contributed by atoms with Gasteiger partial charge < -0.3 is 4.90 Å². The van der Waals surface area contributed by atoms with Gasteiger partial charge in [-0.15, -0.1) is 0 Å². The summed E-state index contributed by atoms with van der Waals surface area (Å²) in [4.78, 5) is 18.0. The summed E-state index contributed by atoms with van der Waals surface area (Å²) >= 11 is 6.35. The van der Waals surface area contributed by atoms with Gasteiger partial charge in [0.15, 0.2) is 0 Å². The van der Waals surface area contributed by atoms with Gasteiger partial charge in [-0.3, -0.25) is 9.69 Å². The Morgan fingerprint density at radius 3 is 2.45 bits per heavy atom. The summed E-state index contributed by atoms with van der Waals surface area (Å²) in [5.74, 6) is 0.568. The van der Waals surface area contributed by atoms with Crippen molar-refractivity contribution in [1.29, 1.82) is 0 Å². The van der Waals surface area contributed by atoms with Crippen LogP contribution in [0.2, 0.25) is 5.02 Å². The Morgan fingerprint density at radius 2 is 1.79 bits per heavy atom. The van der Waals surface area contributed by atoms with Gasteiger partial charge in [0.25, 0.3) is 5.91 Å². The predicted octanol–water partition coefficient (Wildman–Crippen LogP) is 4.41. The van der Waals surface area contributed by atoms with Crippen LogP contribution in [0.25, 0.3) is 5.69 Å². The molecule has 1 saturated heterocycles. The molecule has 2 aromatic rings. The number of aryl methyl sites for hydroxylation is 1. The Kier molecular flexibility index (Phi) is 5.12. The molecular weight excluding hydrogens is 384 g/mol. The van der Waals surface area contributed by atoms with E-state index in [1.54, 1.807) is 6.20 Å². The summed E-state index contributed by atoms with van der Waals surface area (Å²) in [6, 6.07) is 6.74. The van der Waals surface area contributed by atoms with E-state index in [1.807, 2.05) is 34.7 Å². The van der Waals surface area contributed by atoms with E-state index in [-0.39, 0.29) is 5.91 Å². The SMILES string of the molecule is Cc1ccc(-n2ncc(C(=O)N3CCN(C4CCCC4)CC3)c2C2CC2)cc1Cl. The van der Waals surface area contributed by atoms with Crippen LogP contribution < -0.4 is 0 Å². The second-order valence-electron chi connectivity index (χ2n) is 8.83. The zero-order valence-corrected chi connectivity index (χ0v) is 17.9. The molecule has 0 spiro atoms. The van der Waals surface area contributed by atoms with Crippen LogP contribution in [0.5, 0.6) is 0 Å². The van der Waals surface area contributed by atoms with Crippen LogP contribution in [0.15, 0.2) is 24.4 Å². The number of carbonyl (C=O) groups is 1. The molecule has 0 radical (unpaired) electrons. The Bertz CT molecular complexity index is 906. The maximum Gasteiger partial charge on any atom is 0.257 e. The minimum absolute atomic E-state index is 0.141. The third kappa shape index (κ3) is 3.71. The maximum atomic E-state index is 13.4. The van der Waals surface area contributed by atoms with Gasteiger partial charge in [0.2, 0.25) is 0 Å². The highest BCUT2D eigenvalue weighted by Crippen LogP contribution is 2.43. The van der Waals surface area contributed by atoms with E-state index in [9.17, 15) is 4.79 Å². The lowest BCUT2D eigenvalue weighted by Crippen LogP contribution is -2.51. The first-order chi connectivity index (χ1) is 14.1. The number of carbonyl (C=O) groups excluding carboxylic acids is 1. The highest BCUT2D eigenvalue weighted by molar-refractivity contribution is 6.31. The van der Waals surface area contributed by atoms with Crippen molar-refractivity contribution in [1.82, 2.24) is 19.6 Å². The van der Waals surface area contributed by atoms with Crippen molar-refractivity contribution in [3.63, 3.8) is 0 Å². The quantitative estimate of drug-likeness (QED) is 0.746. The van der Waals surface area contributed by atoms with Crippen LogP contribution in [-0.4, -0.2) is 57.7 Å². The van der Waals surface area contributed by atoms with E-state index >= 15 is 0 Å². The lowest BCUT2D eigenvalue weighted by Gasteiger charge is -2.38. The zero-order chi connectivity index (χ0) is 20.0. The van der Waals surface area contributed by atoms with Crippen LogP contribution in [0, 0.1) is 6.92 Å². The fourth-order valence-electron chi connectivity index (χ4n) is 4.92. The largest absolute Gasteiger partial charge is 0.336 e. The standard InChI is InChI=1S/C23H29ClN4O/c1-16-6-9-19(14-21(16)24)28-22(17-7-8-17)20(15-25-28)23(29)27-12-10-26(11-13-27)18-4-2-3-5-18/h6,9,14-15,17-18H,2-5,7-8,10-13H2,1H3. The Balaban J connectivity index is 1.36. The number of amides is 1. The highest BCUT2D eigenvalue weighted by atomic mass is 35.5. The van der Waals surface area contributed by atoms with E-state index in [2.05, 4.69) is 10.00 Å². The van der Waals surface area contributed by atoms with Gasteiger partial charge >= 0.3 is 0 Å². The molecule has 2 saturated carbocycles. The minimum Gasteiger partial charge on any atom is -0.336 e. The lowest BCUT2D eigenvalue weighted by atomic mass is 10.1. The molecule has 29 heavy (non-hydrogen) atoms. The Morgan fingerprint density at radius 1 is 1.07 bits per heavy atom. The zero-order valence-electron chi connectivity index (χ0n) is 17.1. The molecule has 2 heterocycles. The average Bonchev–Trinajstić information content (AvgIpc) is 3.25. The van der Waals surface area contributed by atoms with Crippen LogP contribution in [-0.2, 0) is 0 Å². The van der Waals surface area contributed by atoms with E-state index < -0.39 is 0 Å². The van der Waals surface area contributed by atoms with Gasteiger partial charge in [0.1, 0.15) is 0 Å². The van der Waals surface area contributed by atoms with Gasteiger partial charge in [-0.1, -0.05) is 30.5 Å². The van der Waals surface area contributed by atoms with Crippen molar-refractivity contribution in [3.05, 3.63) is 46.2 Å². The summed E-state index contributed by atoms with van der Waals surface area (Å²) in [6.45, 7) is 5.63. The Labute approximate surface area is 177 Å². The molecule has 0 unspecified atom stereocenters. The van der Waals surface area contributed by atoms with Crippen LogP contribution in [0.1, 0.15) is 66.1 Å². The van der Waals surface area contributed by atoms with Crippen molar-refractivity contribution in [2.75, 3.05) is 26.2 Å². The van der Waals surface area contributed by atoms with Crippen LogP contribution in [0.4, 0.5) is 0 Å². The van der Waals surface area contributed by atoms with Crippen LogP contribution >= 0.6 is 11.6 Å². The monoisotopic (exact) mass is 412 g/mol. The first kappa shape index (κ1) is 19.1. The van der Waals surface area contributed by atoms with Crippen molar-refractivity contribution >= 4 is 17.5 Å². The second-order valence-corrected chi connectivity index (χ2v) is 9.24. The molecule has 0 bridgehead atoms. The van der Waals surface area contributed by atoms with Crippen molar-refractivity contribution in [3.8, 4) is 5.69 Å². The fraction of sp³-hybridized carbons (Fsp3) is 0.565. The van der Waals surface area contributed by atoms with E-state index in [0.29, 0.717) is 5.92 Å². The Hall–Kier alpha value is -1.85. The summed E-state index contributed by atoms with van der Waals surface area (Å²) in [6.07, 6.45) is 9.39. The third-order valence-corrected chi connectivity index (χ3v) is 7.25. The first-order valence-electron chi connectivity index (χ1n) is 11.0. The molecular formula is C23H29ClN4O. The van der Waals surface area contributed by atoms with E-state index in [4.69, 9.17) is 11.6 Å². The second kappa shape index (κ2) is 7.77. The van der Waals surface area contributed by atoms with Gasteiger partial charge in [-0.05, 0) is 50.3 Å². The molecule has 2 aliphatic carbocycles. The third-order valence-electron chi connectivity index (χ3n) is 6.84. The average molecular weight is 413 g/mol. The van der Waals surface area contributed by atoms with Crippen molar-refractivity contribution in [2.24, 2.45) is 0 Å². The molecule has 6 heteroatoms. The number of aromatic nitrogens is 2. The van der Waals surface area contributed by atoms with E-state index in [1.165, 1.54) is 25.7 Å². The number of halogens is 1. The molecule has 0 atom stereocenters. The topological polar surface area (TPSA) is 41.4 Å². The molecule has 5 nitrogen and oxygen atoms in total. The number of rotatable bonds is 4. The molecule has 1 aromatic carbocycles. The number of nitrogens with zero attached hydrogens (tertiary/aromatic N) is 4. The maximum absolute atomic E-state index is 13.4. The van der Waals surface area contributed by atoms with Crippen LogP contribution in [0.3, 0.4) is 0 Å². The van der Waals surface area contributed by atoms with Crippen molar-refractivity contribution in [2.45, 2.75) is 57.4 Å². The fourth-order valence-corrected chi connectivity index (χ4v) is 5.10. The van der Waals surface area contributed by atoms with Gasteiger partial charge in [-0.2, -0.15) is 5.10 Å². The predicted molar refractivity (Wildman–Crippen MR) is 115 cm³/mol. The summed E-state index contributed by atoms with van der Waals surface area (Å²) in [7, 11) is 0. The van der Waals surface area contributed by atoms with Gasteiger partial charge in [0, 0.05) is 43.2 Å². The first-order valence-corrected chi connectivity index (χ1v) is 11.4. The lowest BCUT2D eigenvalue weighted by molar-refractivity contribution is 0.0572. The van der Waals surface area contributed by atoms with Gasteiger partial charge in [0.05, 0.1) is 23.1 Å². The molecule has 3 fully saturated rings. The number of hydrogen-bond acceptors (Lipinski definition) is 3. The van der Waals surface area contributed by atoms with E-state index in [0.717, 1.165) is 72.6 Å². The molecule has 1 aliphatic heterocycles. The molecule has 0 N–H and O–H groups in total. The molecule has 5 rings (SSSR count). The summed E-state index contributed by atoms with van der Waals surface area (Å²) in [5.41, 5.74) is 3.83. The number of piperazine rings is 1. The normalized spacial score (nSPS) is 21.1. The molecule has 3 aliphatic rings. The summed E-state index contributed by atoms with van der Waals surface area (Å²) in [5, 5.41) is 5.34.